The van der Waals surface area contributed by atoms with Crippen LogP contribution in [0.3, 0.4) is 0 Å². The molecule has 2 amide bonds. The van der Waals surface area contributed by atoms with Crippen LogP contribution in [0.25, 0.3) is 0 Å². The second kappa shape index (κ2) is 8.70. The number of carbonyl (C=O) groups excluding carboxylic acids is 2. The van der Waals surface area contributed by atoms with Crippen molar-refractivity contribution in [2.24, 2.45) is 23.7 Å². The van der Waals surface area contributed by atoms with Crippen molar-refractivity contribution in [2.75, 3.05) is 29.4 Å². The predicted molar refractivity (Wildman–Crippen MR) is 186 cm³/mol. The second-order valence-electron chi connectivity index (χ2n) is 16.6. The maximum atomic E-state index is 15.5. The van der Waals surface area contributed by atoms with Crippen molar-refractivity contribution in [3.63, 3.8) is 0 Å². The number of nitrogens with zero attached hydrogens (tertiary/aromatic N) is 4. The lowest BCUT2D eigenvalue weighted by molar-refractivity contribution is -0.118. The molecule has 12 rings (SSSR count). The lowest BCUT2D eigenvalue weighted by Gasteiger charge is -2.57. The summed E-state index contributed by atoms with van der Waals surface area (Å²) in [7, 11) is 0. The van der Waals surface area contributed by atoms with E-state index in [1.54, 1.807) is 5.57 Å². The topological polar surface area (TPSA) is 47.1 Å². The van der Waals surface area contributed by atoms with Gasteiger partial charge in [-0.05, 0) is 87.2 Å². The van der Waals surface area contributed by atoms with Crippen molar-refractivity contribution in [2.45, 2.75) is 80.6 Å². The minimum absolute atomic E-state index is 0.0143. The van der Waals surface area contributed by atoms with Crippen LogP contribution >= 0.6 is 0 Å². The molecule has 2 aromatic carbocycles. The van der Waals surface area contributed by atoms with Gasteiger partial charge in [0.1, 0.15) is 0 Å². The maximum absolute atomic E-state index is 15.5. The molecule has 4 bridgehead atoms. The van der Waals surface area contributed by atoms with E-state index < -0.39 is 0 Å². The summed E-state index contributed by atoms with van der Waals surface area (Å²) in [6, 6.07) is 18.8. The average molecular weight is 635 g/mol. The molecule has 0 radical (unpaired) electrons. The lowest BCUT2D eigenvalue weighted by atomic mass is 9.54. The molecular formula is C42H42N4O2. The highest BCUT2D eigenvalue weighted by Crippen LogP contribution is 2.68. The normalized spacial score (nSPS) is 45.5. The van der Waals surface area contributed by atoms with Crippen LogP contribution in [0.4, 0.5) is 11.4 Å². The van der Waals surface area contributed by atoms with Crippen molar-refractivity contribution in [1.29, 1.82) is 0 Å². The van der Waals surface area contributed by atoms with E-state index in [1.807, 2.05) is 6.08 Å². The molecule has 2 aliphatic carbocycles. The number of hydrogen-bond donors (Lipinski definition) is 0. The van der Waals surface area contributed by atoms with E-state index in [4.69, 9.17) is 0 Å². The Kier molecular flexibility index (Phi) is 4.91. The lowest BCUT2D eigenvalue weighted by Crippen LogP contribution is -2.66. The van der Waals surface area contributed by atoms with Crippen molar-refractivity contribution < 1.29 is 9.59 Å². The van der Waals surface area contributed by atoms with Gasteiger partial charge in [-0.1, -0.05) is 71.8 Å². The first-order valence-electron chi connectivity index (χ1n) is 18.6. The van der Waals surface area contributed by atoms with Gasteiger partial charge in [-0.3, -0.25) is 19.4 Å². The summed E-state index contributed by atoms with van der Waals surface area (Å²) < 4.78 is 0. The highest BCUT2D eigenvalue weighted by molar-refractivity contribution is 6.10. The fourth-order valence-corrected chi connectivity index (χ4v) is 14.2. The molecule has 2 aromatic rings. The van der Waals surface area contributed by atoms with Gasteiger partial charge in [0.15, 0.2) is 0 Å². The summed E-state index contributed by atoms with van der Waals surface area (Å²) in [4.78, 5) is 39.2. The molecule has 2 spiro atoms. The third kappa shape index (κ3) is 2.73. The standard InChI is InChI=1S/C42H42N4O2/c1-3-23-21-43-16-15-41-30-9-5-8-12-33(30)46-39(41)28(27(23)18-35(41)43)17-29(40(46)48)34-20-42-31-10-6-7-11-32(31)45-37(47)14-13-25(38(42)45)26-19-36(42)44(34)22-24(26)4-2/h3-14,17,25-28,34-36,38-39H,15-16,18-22H2,1-2H3/t25-,26-,27-,28-,34?,35-,36-,38-,39+,41?,42?/m1/s1. The molecule has 10 aliphatic rings. The zero-order valence-electron chi connectivity index (χ0n) is 27.8. The van der Waals surface area contributed by atoms with Gasteiger partial charge in [0.05, 0.1) is 12.1 Å². The smallest absolute Gasteiger partial charge is 0.255 e. The summed E-state index contributed by atoms with van der Waals surface area (Å²) in [5, 5.41) is 0. The average Bonchev–Trinajstić information content (AvgIpc) is 3.85. The van der Waals surface area contributed by atoms with Crippen LogP contribution in [0.2, 0.25) is 0 Å². The first kappa shape index (κ1) is 27.1. The maximum Gasteiger partial charge on any atom is 0.255 e. The SMILES string of the molecule is CC=C1CN2CCC34c5ccccc5N5C(=O)C(C6CC78c9ccccc9N9C(=O)C=C[C@H]([C@@H]%10C[C@H]7N6CC%10=CC)[C@@H]98)=C[C@H]([C@@H]1C[C@@H]23)[C@H]54. The fraction of sp³-hybridized carbons (Fsp3) is 0.476. The number of amides is 2. The highest BCUT2D eigenvalue weighted by Gasteiger charge is 2.73. The van der Waals surface area contributed by atoms with Crippen LogP contribution in [0, 0.1) is 23.7 Å². The number of rotatable bonds is 1. The summed E-state index contributed by atoms with van der Waals surface area (Å²) in [6.45, 7) is 7.52. The van der Waals surface area contributed by atoms with Crippen molar-refractivity contribution in [1.82, 2.24) is 9.80 Å². The zero-order valence-corrected chi connectivity index (χ0v) is 27.8. The van der Waals surface area contributed by atoms with Crippen LogP contribution in [0.1, 0.15) is 50.7 Å². The second-order valence-corrected chi connectivity index (χ2v) is 16.6. The van der Waals surface area contributed by atoms with Gasteiger partial charge >= 0.3 is 0 Å². The minimum atomic E-state index is -0.187. The number of carbonyl (C=O) groups is 2. The van der Waals surface area contributed by atoms with E-state index in [1.165, 1.54) is 28.8 Å². The third-order valence-corrected chi connectivity index (χ3v) is 15.7. The number of allylic oxidation sites excluding steroid dienone is 2. The van der Waals surface area contributed by atoms with Crippen molar-refractivity contribution in [3.05, 3.63) is 107 Å². The molecule has 3 unspecified atom stereocenters. The van der Waals surface area contributed by atoms with E-state index in [0.717, 1.165) is 50.2 Å². The predicted octanol–water partition coefficient (Wildman–Crippen LogP) is 5.51. The zero-order chi connectivity index (χ0) is 31.8. The Hall–Kier alpha value is -3.74. The molecule has 242 valence electrons. The Bertz CT molecular complexity index is 2010. The molecule has 11 atom stereocenters. The van der Waals surface area contributed by atoms with Gasteiger partial charge in [0.25, 0.3) is 11.8 Å². The van der Waals surface area contributed by atoms with Gasteiger partial charge in [0, 0.05) is 70.8 Å². The summed E-state index contributed by atoms with van der Waals surface area (Å²) in [5.74, 6) is 1.87. The largest absolute Gasteiger partial charge is 0.304 e. The molecule has 6 fully saturated rings. The number of anilines is 2. The molecule has 48 heavy (non-hydrogen) atoms. The highest BCUT2D eigenvalue weighted by atomic mass is 16.2. The van der Waals surface area contributed by atoms with Crippen molar-refractivity contribution in [3.8, 4) is 0 Å². The van der Waals surface area contributed by atoms with Crippen LogP contribution in [-0.4, -0.2) is 71.5 Å². The molecule has 6 nitrogen and oxygen atoms in total. The Morgan fingerprint density at radius 3 is 2.23 bits per heavy atom. The summed E-state index contributed by atoms with van der Waals surface area (Å²) in [5.41, 5.74) is 8.92. The van der Waals surface area contributed by atoms with Gasteiger partial charge in [0.2, 0.25) is 0 Å². The molecule has 0 N–H and O–H groups in total. The van der Waals surface area contributed by atoms with E-state index in [-0.39, 0.29) is 40.8 Å². The van der Waals surface area contributed by atoms with Crippen LogP contribution in [0.5, 0.6) is 0 Å². The van der Waals surface area contributed by atoms with Crippen molar-refractivity contribution >= 4 is 23.2 Å². The number of hydrogen-bond acceptors (Lipinski definition) is 4. The summed E-state index contributed by atoms with van der Waals surface area (Å²) in [6.07, 6.45) is 15.7. The number of benzene rings is 2. The number of para-hydroxylation sites is 2. The van der Waals surface area contributed by atoms with Gasteiger partial charge < -0.3 is 9.80 Å². The first-order chi connectivity index (χ1) is 23.5. The molecule has 2 saturated carbocycles. The molecular weight excluding hydrogens is 592 g/mol. The monoisotopic (exact) mass is 634 g/mol. The Balaban J connectivity index is 1.07. The minimum Gasteiger partial charge on any atom is -0.304 e. The molecule has 6 heteroatoms. The Morgan fingerprint density at radius 1 is 0.771 bits per heavy atom. The molecule has 4 saturated heterocycles. The first-order valence-corrected chi connectivity index (χ1v) is 18.6. The molecule has 0 aromatic heterocycles. The quantitative estimate of drug-likeness (QED) is 0.389. The van der Waals surface area contributed by atoms with Gasteiger partial charge in [-0.25, -0.2) is 0 Å². The third-order valence-electron chi connectivity index (χ3n) is 15.7. The van der Waals surface area contributed by atoms with Crippen LogP contribution in [0.15, 0.2) is 95.6 Å². The molecule has 8 aliphatic heterocycles. The van der Waals surface area contributed by atoms with E-state index in [2.05, 4.69) is 106 Å². The van der Waals surface area contributed by atoms with Gasteiger partial charge in [-0.2, -0.15) is 0 Å². The van der Waals surface area contributed by atoms with Crippen LogP contribution < -0.4 is 9.80 Å². The Labute approximate surface area is 282 Å². The molecule has 8 heterocycles. The van der Waals surface area contributed by atoms with Crippen LogP contribution in [-0.2, 0) is 20.4 Å². The van der Waals surface area contributed by atoms with E-state index >= 15 is 4.79 Å². The number of piperidine rings is 2. The fourth-order valence-electron chi connectivity index (χ4n) is 14.2. The number of fused-ring (bicyclic) bond motifs is 8. The summed E-state index contributed by atoms with van der Waals surface area (Å²) >= 11 is 0. The Morgan fingerprint density at radius 2 is 1.44 bits per heavy atom. The van der Waals surface area contributed by atoms with Gasteiger partial charge in [-0.15, -0.1) is 0 Å². The van der Waals surface area contributed by atoms with E-state index in [9.17, 15) is 4.79 Å². The van der Waals surface area contributed by atoms with E-state index in [0.29, 0.717) is 35.8 Å².